The van der Waals surface area contributed by atoms with Gasteiger partial charge in [0.05, 0.1) is 0 Å². The number of hydrogen-bond acceptors (Lipinski definition) is 3. The molecule has 1 heterocycles. The molecule has 0 aromatic rings. The second-order valence-corrected chi connectivity index (χ2v) is 7.04. The number of piperidine rings is 1. The Morgan fingerprint density at radius 2 is 1.82 bits per heavy atom. The molecular formula is C14H28N2S. The molecule has 1 aliphatic heterocycles. The third kappa shape index (κ3) is 4.15. The van der Waals surface area contributed by atoms with Crippen LogP contribution < -0.4 is 5.32 Å². The van der Waals surface area contributed by atoms with E-state index in [-0.39, 0.29) is 0 Å². The normalized spacial score (nSPS) is 32.1. The molecule has 100 valence electrons. The van der Waals surface area contributed by atoms with Crippen molar-refractivity contribution in [2.24, 2.45) is 0 Å². The number of likely N-dealkylation sites (tertiary alicyclic amines) is 1. The Balaban J connectivity index is 1.65. The van der Waals surface area contributed by atoms with Crippen LogP contribution in [0.25, 0.3) is 0 Å². The molecule has 3 heteroatoms. The van der Waals surface area contributed by atoms with Crippen molar-refractivity contribution in [3.05, 3.63) is 0 Å². The minimum Gasteiger partial charge on any atom is -0.311 e. The Morgan fingerprint density at radius 1 is 1.06 bits per heavy atom. The first kappa shape index (κ1) is 13.7. The van der Waals surface area contributed by atoms with Gasteiger partial charge in [-0.2, -0.15) is 11.8 Å². The van der Waals surface area contributed by atoms with Gasteiger partial charge in [-0.15, -0.1) is 0 Å². The van der Waals surface area contributed by atoms with Crippen molar-refractivity contribution in [2.75, 3.05) is 25.4 Å². The summed E-state index contributed by atoms with van der Waals surface area (Å²) in [5, 5.41) is 4.85. The molecule has 1 aliphatic carbocycles. The van der Waals surface area contributed by atoms with Crippen molar-refractivity contribution < 1.29 is 0 Å². The predicted molar refractivity (Wildman–Crippen MR) is 77.8 cm³/mol. The molecule has 0 aromatic carbocycles. The van der Waals surface area contributed by atoms with Crippen LogP contribution in [0.2, 0.25) is 0 Å². The molecule has 0 amide bonds. The SMILES string of the molecule is CCSC1CCC(NC2CCN(CC)CC2)C1. The summed E-state index contributed by atoms with van der Waals surface area (Å²) in [6.07, 6.45) is 6.97. The van der Waals surface area contributed by atoms with Crippen molar-refractivity contribution in [1.29, 1.82) is 0 Å². The molecule has 1 saturated carbocycles. The Hall–Kier alpha value is 0.270. The van der Waals surface area contributed by atoms with E-state index in [9.17, 15) is 0 Å². The first-order chi connectivity index (χ1) is 8.31. The monoisotopic (exact) mass is 256 g/mol. The molecule has 2 unspecified atom stereocenters. The summed E-state index contributed by atoms with van der Waals surface area (Å²) in [4.78, 5) is 2.57. The fraction of sp³-hybridized carbons (Fsp3) is 1.00. The van der Waals surface area contributed by atoms with Crippen molar-refractivity contribution >= 4 is 11.8 Å². The highest BCUT2D eigenvalue weighted by molar-refractivity contribution is 7.99. The van der Waals surface area contributed by atoms with E-state index in [1.807, 2.05) is 0 Å². The molecule has 2 rings (SSSR count). The van der Waals surface area contributed by atoms with Gasteiger partial charge in [-0.1, -0.05) is 13.8 Å². The van der Waals surface area contributed by atoms with Gasteiger partial charge in [-0.3, -0.25) is 0 Å². The summed E-state index contributed by atoms with van der Waals surface area (Å²) in [7, 11) is 0. The van der Waals surface area contributed by atoms with Crippen LogP contribution in [-0.4, -0.2) is 47.6 Å². The van der Waals surface area contributed by atoms with E-state index in [2.05, 4.69) is 35.8 Å². The molecule has 0 radical (unpaired) electrons. The van der Waals surface area contributed by atoms with Gasteiger partial charge in [-0.25, -0.2) is 0 Å². The highest BCUT2D eigenvalue weighted by atomic mass is 32.2. The number of nitrogens with one attached hydrogen (secondary N) is 1. The standard InChI is InChI=1S/C14H28N2S/c1-3-16-9-7-12(8-10-16)15-13-5-6-14(11-13)17-4-2/h12-15H,3-11H2,1-2H3. The van der Waals surface area contributed by atoms with Crippen LogP contribution >= 0.6 is 11.8 Å². The molecule has 2 nitrogen and oxygen atoms in total. The van der Waals surface area contributed by atoms with Crippen LogP contribution in [0, 0.1) is 0 Å². The second-order valence-electron chi connectivity index (χ2n) is 5.46. The summed E-state index contributed by atoms with van der Waals surface area (Å²) in [5.41, 5.74) is 0. The van der Waals surface area contributed by atoms with Gasteiger partial charge in [0.25, 0.3) is 0 Å². The molecule has 2 aliphatic rings. The van der Waals surface area contributed by atoms with E-state index in [1.165, 1.54) is 57.5 Å². The van der Waals surface area contributed by atoms with Crippen molar-refractivity contribution in [1.82, 2.24) is 10.2 Å². The Labute approximate surface area is 111 Å². The largest absolute Gasteiger partial charge is 0.311 e. The van der Waals surface area contributed by atoms with Crippen molar-refractivity contribution in [2.45, 2.75) is 63.3 Å². The van der Waals surface area contributed by atoms with Crippen molar-refractivity contribution in [3.63, 3.8) is 0 Å². The van der Waals surface area contributed by atoms with Gasteiger partial charge in [-0.05, 0) is 57.5 Å². The van der Waals surface area contributed by atoms with E-state index in [1.54, 1.807) is 0 Å². The topological polar surface area (TPSA) is 15.3 Å². The van der Waals surface area contributed by atoms with Crippen LogP contribution in [0.15, 0.2) is 0 Å². The smallest absolute Gasteiger partial charge is 0.00940 e. The molecule has 2 fully saturated rings. The lowest BCUT2D eigenvalue weighted by Gasteiger charge is -2.33. The van der Waals surface area contributed by atoms with Crippen LogP contribution in [0.5, 0.6) is 0 Å². The van der Waals surface area contributed by atoms with Crippen molar-refractivity contribution in [3.8, 4) is 0 Å². The summed E-state index contributed by atoms with van der Waals surface area (Å²) in [6, 6.07) is 1.62. The number of nitrogens with zero attached hydrogens (tertiary/aromatic N) is 1. The first-order valence-electron chi connectivity index (χ1n) is 7.41. The number of hydrogen-bond donors (Lipinski definition) is 1. The van der Waals surface area contributed by atoms with E-state index >= 15 is 0 Å². The van der Waals surface area contributed by atoms with E-state index in [0.717, 1.165) is 17.3 Å². The minimum absolute atomic E-state index is 0.799. The van der Waals surface area contributed by atoms with Crippen LogP contribution in [-0.2, 0) is 0 Å². The Kier molecular flexibility index (Phi) is 5.64. The molecule has 1 N–H and O–H groups in total. The highest BCUT2D eigenvalue weighted by Crippen LogP contribution is 2.30. The number of thioether (sulfide) groups is 1. The Bertz CT molecular complexity index is 214. The maximum absolute atomic E-state index is 3.91. The molecule has 0 spiro atoms. The van der Waals surface area contributed by atoms with Gasteiger partial charge in [0.15, 0.2) is 0 Å². The zero-order chi connectivity index (χ0) is 12.1. The Morgan fingerprint density at radius 3 is 2.47 bits per heavy atom. The average molecular weight is 256 g/mol. The second kappa shape index (κ2) is 7.01. The zero-order valence-corrected chi connectivity index (χ0v) is 12.3. The van der Waals surface area contributed by atoms with Gasteiger partial charge in [0, 0.05) is 17.3 Å². The fourth-order valence-corrected chi connectivity index (χ4v) is 4.37. The zero-order valence-electron chi connectivity index (χ0n) is 11.5. The molecule has 1 saturated heterocycles. The van der Waals surface area contributed by atoms with Gasteiger partial charge in [0.1, 0.15) is 0 Å². The lowest BCUT2D eigenvalue weighted by Crippen LogP contribution is -2.45. The van der Waals surface area contributed by atoms with Crippen LogP contribution in [0.1, 0.15) is 46.0 Å². The molecule has 0 aromatic heterocycles. The summed E-state index contributed by atoms with van der Waals surface area (Å²) in [6.45, 7) is 8.39. The van der Waals surface area contributed by atoms with E-state index in [0.29, 0.717) is 0 Å². The maximum Gasteiger partial charge on any atom is 0.00940 e. The van der Waals surface area contributed by atoms with Crippen LogP contribution in [0.4, 0.5) is 0 Å². The minimum atomic E-state index is 0.799. The summed E-state index contributed by atoms with van der Waals surface area (Å²) in [5.74, 6) is 1.28. The maximum atomic E-state index is 3.91. The molecule has 2 atom stereocenters. The molecule has 0 bridgehead atoms. The highest BCUT2D eigenvalue weighted by Gasteiger charge is 2.27. The summed E-state index contributed by atoms with van der Waals surface area (Å²) < 4.78 is 0. The number of rotatable bonds is 5. The third-order valence-electron chi connectivity index (χ3n) is 4.29. The molecular weight excluding hydrogens is 228 g/mol. The third-order valence-corrected chi connectivity index (χ3v) is 5.53. The van der Waals surface area contributed by atoms with Gasteiger partial charge in [0.2, 0.25) is 0 Å². The van der Waals surface area contributed by atoms with E-state index in [4.69, 9.17) is 0 Å². The lowest BCUT2D eigenvalue weighted by molar-refractivity contribution is 0.199. The van der Waals surface area contributed by atoms with E-state index < -0.39 is 0 Å². The lowest BCUT2D eigenvalue weighted by atomic mass is 10.0. The van der Waals surface area contributed by atoms with Crippen LogP contribution in [0.3, 0.4) is 0 Å². The van der Waals surface area contributed by atoms with Gasteiger partial charge < -0.3 is 10.2 Å². The predicted octanol–water partition coefficient (Wildman–Crippen LogP) is 2.73. The fourth-order valence-electron chi connectivity index (χ4n) is 3.23. The quantitative estimate of drug-likeness (QED) is 0.814. The van der Waals surface area contributed by atoms with Gasteiger partial charge >= 0.3 is 0 Å². The molecule has 17 heavy (non-hydrogen) atoms. The summed E-state index contributed by atoms with van der Waals surface area (Å²) >= 11 is 2.16. The average Bonchev–Trinajstić information content (AvgIpc) is 2.78. The first-order valence-corrected chi connectivity index (χ1v) is 8.46.